The Kier molecular flexibility index (Phi) is 4.60. The van der Waals surface area contributed by atoms with Crippen molar-refractivity contribution in [2.24, 2.45) is 0 Å². The minimum atomic E-state index is -0.357. The zero-order chi connectivity index (χ0) is 20.0. The van der Waals surface area contributed by atoms with Gasteiger partial charge >= 0.3 is 0 Å². The topological polar surface area (TPSA) is 52.0 Å². The Morgan fingerprint density at radius 2 is 1.93 bits per heavy atom. The number of aromatic nitrogens is 3. The molecule has 1 aliphatic heterocycles. The van der Waals surface area contributed by atoms with Gasteiger partial charge < -0.3 is 14.6 Å². The van der Waals surface area contributed by atoms with Crippen LogP contribution in [0.4, 0.5) is 4.39 Å². The number of methoxy groups -OCH3 is 1. The maximum Gasteiger partial charge on any atom is 0.133 e. The number of halogens is 2. The lowest BCUT2D eigenvalue weighted by atomic mass is 10.0. The molecule has 1 N–H and O–H groups in total. The van der Waals surface area contributed by atoms with Crippen LogP contribution in [-0.2, 0) is 0 Å². The van der Waals surface area contributed by atoms with E-state index in [9.17, 15) is 4.39 Å². The molecule has 1 aliphatic rings. The smallest absolute Gasteiger partial charge is 0.133 e. The summed E-state index contributed by atoms with van der Waals surface area (Å²) in [5.41, 5.74) is 3.48. The van der Waals surface area contributed by atoms with Gasteiger partial charge in [0.15, 0.2) is 0 Å². The van der Waals surface area contributed by atoms with E-state index in [4.69, 9.17) is 16.3 Å². The van der Waals surface area contributed by atoms with Crippen LogP contribution in [0.5, 0.6) is 5.75 Å². The van der Waals surface area contributed by atoms with Crippen LogP contribution in [0, 0.1) is 5.82 Å². The minimum Gasteiger partial charge on any atom is -0.497 e. The van der Waals surface area contributed by atoms with Crippen molar-refractivity contribution in [2.75, 3.05) is 20.2 Å². The van der Waals surface area contributed by atoms with E-state index in [2.05, 4.69) is 19.9 Å². The molecule has 0 atom stereocenters. The van der Waals surface area contributed by atoms with Crippen LogP contribution >= 0.6 is 11.6 Å². The summed E-state index contributed by atoms with van der Waals surface area (Å²) in [4.78, 5) is 8.98. The molecule has 0 bridgehead atoms. The standard InChI is InChI=1S/C22H20ClFN4O/c1-29-14-2-3-15(18(23)8-14)16-9-17-20(10-19(16)24)26-11-21-22(17)28(12-27-21)13-4-6-25-7-5-13/h2-3,8-13,25H,4-7H2,1H3. The largest absolute Gasteiger partial charge is 0.497 e. The van der Waals surface area contributed by atoms with Crippen molar-refractivity contribution in [2.45, 2.75) is 18.9 Å². The van der Waals surface area contributed by atoms with Crippen LogP contribution in [0.25, 0.3) is 33.1 Å². The molecule has 1 fully saturated rings. The highest BCUT2D eigenvalue weighted by molar-refractivity contribution is 6.33. The number of rotatable bonds is 3. The average Bonchev–Trinajstić information content (AvgIpc) is 3.18. The predicted octanol–water partition coefficient (Wildman–Crippen LogP) is 4.98. The number of hydrogen-bond acceptors (Lipinski definition) is 4. The third kappa shape index (κ3) is 3.12. The highest BCUT2D eigenvalue weighted by Crippen LogP contribution is 2.37. The lowest BCUT2D eigenvalue weighted by molar-refractivity contribution is 0.375. The van der Waals surface area contributed by atoms with E-state index in [0.717, 1.165) is 42.4 Å². The number of pyridine rings is 1. The van der Waals surface area contributed by atoms with Gasteiger partial charge in [-0.1, -0.05) is 11.6 Å². The second-order valence-corrected chi connectivity index (χ2v) is 7.73. The zero-order valence-electron chi connectivity index (χ0n) is 16.0. The van der Waals surface area contributed by atoms with E-state index >= 15 is 0 Å². The summed E-state index contributed by atoms with van der Waals surface area (Å²) in [6.07, 6.45) is 5.67. The number of benzene rings is 2. The highest BCUT2D eigenvalue weighted by atomic mass is 35.5. The number of hydrogen-bond donors (Lipinski definition) is 1. The monoisotopic (exact) mass is 410 g/mol. The van der Waals surface area contributed by atoms with E-state index in [-0.39, 0.29) is 5.82 Å². The second-order valence-electron chi connectivity index (χ2n) is 7.32. The van der Waals surface area contributed by atoms with Gasteiger partial charge in [-0.25, -0.2) is 9.37 Å². The highest BCUT2D eigenvalue weighted by Gasteiger charge is 2.20. The number of nitrogens with one attached hydrogen (secondary N) is 1. The van der Waals surface area contributed by atoms with Crippen molar-refractivity contribution in [3.63, 3.8) is 0 Å². The molecule has 2 aromatic heterocycles. The quantitative estimate of drug-likeness (QED) is 0.517. The Labute approximate surface area is 172 Å². The molecule has 0 unspecified atom stereocenters. The van der Waals surface area contributed by atoms with Crippen molar-refractivity contribution in [1.29, 1.82) is 0 Å². The molecule has 5 nitrogen and oxygen atoms in total. The summed E-state index contributed by atoms with van der Waals surface area (Å²) in [5.74, 6) is 0.275. The number of imidazole rings is 1. The molecular weight excluding hydrogens is 391 g/mol. The van der Waals surface area contributed by atoms with Crippen LogP contribution in [0.1, 0.15) is 18.9 Å². The summed E-state index contributed by atoms with van der Waals surface area (Å²) in [5, 5.41) is 4.71. The fourth-order valence-electron chi connectivity index (χ4n) is 4.15. The number of ether oxygens (including phenoxy) is 1. The summed E-state index contributed by atoms with van der Waals surface area (Å²) in [6, 6.07) is 8.94. The Morgan fingerprint density at radius 1 is 1.10 bits per heavy atom. The van der Waals surface area contributed by atoms with E-state index in [0.29, 0.717) is 33.5 Å². The molecule has 0 spiro atoms. The summed E-state index contributed by atoms with van der Waals surface area (Å²) >= 11 is 6.43. The molecular formula is C22H20ClFN4O. The van der Waals surface area contributed by atoms with Crippen molar-refractivity contribution >= 4 is 33.5 Å². The summed E-state index contributed by atoms with van der Waals surface area (Å²) < 4.78 is 22.4. The first kappa shape index (κ1) is 18.3. The van der Waals surface area contributed by atoms with Gasteiger partial charge in [0.1, 0.15) is 17.1 Å². The molecule has 4 aromatic rings. The van der Waals surface area contributed by atoms with Crippen LogP contribution in [0.3, 0.4) is 0 Å². The molecule has 3 heterocycles. The fourth-order valence-corrected chi connectivity index (χ4v) is 4.42. The van der Waals surface area contributed by atoms with Crippen LogP contribution < -0.4 is 10.1 Å². The van der Waals surface area contributed by atoms with Gasteiger partial charge in [-0.05, 0) is 50.2 Å². The first-order chi connectivity index (χ1) is 14.2. The number of nitrogens with zero attached hydrogens (tertiary/aromatic N) is 3. The lowest BCUT2D eigenvalue weighted by Gasteiger charge is -2.24. The zero-order valence-corrected chi connectivity index (χ0v) is 16.7. The predicted molar refractivity (Wildman–Crippen MR) is 113 cm³/mol. The van der Waals surface area contributed by atoms with E-state index < -0.39 is 0 Å². The number of piperidine rings is 1. The molecule has 29 heavy (non-hydrogen) atoms. The van der Waals surface area contributed by atoms with Crippen molar-refractivity contribution < 1.29 is 9.13 Å². The Balaban J connectivity index is 1.74. The normalized spacial score (nSPS) is 15.3. The minimum absolute atomic E-state index is 0.357. The van der Waals surface area contributed by atoms with E-state index in [1.165, 1.54) is 6.07 Å². The molecule has 2 aromatic carbocycles. The van der Waals surface area contributed by atoms with Crippen molar-refractivity contribution in [3.05, 3.63) is 53.7 Å². The molecule has 0 aliphatic carbocycles. The van der Waals surface area contributed by atoms with Gasteiger partial charge in [-0.3, -0.25) is 4.98 Å². The Morgan fingerprint density at radius 3 is 2.69 bits per heavy atom. The maximum atomic E-state index is 15.0. The maximum absolute atomic E-state index is 15.0. The average molecular weight is 411 g/mol. The van der Waals surface area contributed by atoms with Gasteiger partial charge in [-0.2, -0.15) is 0 Å². The molecule has 7 heteroatoms. The van der Waals surface area contributed by atoms with Crippen LogP contribution in [0.2, 0.25) is 5.02 Å². The van der Waals surface area contributed by atoms with Gasteiger partial charge in [0.2, 0.25) is 0 Å². The van der Waals surface area contributed by atoms with Gasteiger partial charge in [0.25, 0.3) is 0 Å². The summed E-state index contributed by atoms with van der Waals surface area (Å²) in [6.45, 7) is 1.96. The molecule has 1 saturated heterocycles. The molecule has 0 amide bonds. The Hall–Kier alpha value is -2.70. The molecule has 0 saturated carbocycles. The first-order valence-corrected chi connectivity index (χ1v) is 10.0. The summed E-state index contributed by atoms with van der Waals surface area (Å²) in [7, 11) is 1.58. The van der Waals surface area contributed by atoms with Crippen molar-refractivity contribution in [3.8, 4) is 16.9 Å². The SMILES string of the molecule is COc1ccc(-c2cc3c(cc2F)ncc2ncn(C4CCNCC4)c23)c(Cl)c1. The van der Waals surface area contributed by atoms with Crippen LogP contribution in [-0.4, -0.2) is 34.7 Å². The van der Waals surface area contributed by atoms with E-state index in [1.54, 1.807) is 31.5 Å². The van der Waals surface area contributed by atoms with E-state index in [1.807, 2.05) is 12.4 Å². The third-order valence-corrected chi connectivity index (χ3v) is 5.97. The second kappa shape index (κ2) is 7.28. The fraction of sp³-hybridized carbons (Fsp3) is 0.273. The third-order valence-electron chi connectivity index (χ3n) is 5.66. The molecule has 5 rings (SSSR count). The van der Waals surface area contributed by atoms with Crippen molar-refractivity contribution in [1.82, 2.24) is 19.9 Å². The molecule has 0 radical (unpaired) electrons. The van der Waals surface area contributed by atoms with Gasteiger partial charge in [0, 0.05) is 28.6 Å². The lowest BCUT2D eigenvalue weighted by Crippen LogP contribution is -2.29. The van der Waals surface area contributed by atoms with Gasteiger partial charge in [0.05, 0.1) is 35.7 Å². The Bertz CT molecular complexity index is 1220. The number of fused-ring (bicyclic) bond motifs is 3. The molecule has 148 valence electrons. The van der Waals surface area contributed by atoms with Crippen LogP contribution in [0.15, 0.2) is 42.9 Å². The first-order valence-electron chi connectivity index (χ1n) is 9.65. The van der Waals surface area contributed by atoms with Gasteiger partial charge in [-0.15, -0.1) is 0 Å².